The van der Waals surface area contributed by atoms with Crippen LogP contribution in [-0.2, 0) is 13.1 Å². The van der Waals surface area contributed by atoms with E-state index in [0.717, 1.165) is 55.6 Å². The number of fused-ring (bicyclic) bond motifs is 1. The number of hydrogen-bond acceptors (Lipinski definition) is 4. The Kier molecular flexibility index (Phi) is 10.1. The van der Waals surface area contributed by atoms with Crippen molar-refractivity contribution in [2.24, 2.45) is 0 Å². The zero-order valence-electron chi connectivity index (χ0n) is 17.0. The highest BCUT2D eigenvalue weighted by molar-refractivity contribution is 6.42. The number of benzene rings is 1. The zero-order valence-corrected chi connectivity index (χ0v) is 20.1. The molecule has 1 saturated heterocycles. The second-order valence-electron chi connectivity index (χ2n) is 7.48. The van der Waals surface area contributed by atoms with Crippen molar-refractivity contribution in [1.82, 2.24) is 19.8 Å². The largest absolute Gasteiger partial charge is 0.310 e. The van der Waals surface area contributed by atoms with Gasteiger partial charge in [0.25, 0.3) is 5.56 Å². The van der Waals surface area contributed by atoms with Crippen LogP contribution in [0.25, 0.3) is 11.0 Å². The van der Waals surface area contributed by atoms with E-state index in [1.807, 2.05) is 34.9 Å². The Balaban J connectivity index is 0.00000171. The van der Waals surface area contributed by atoms with Crippen LogP contribution >= 0.6 is 48.0 Å². The predicted molar refractivity (Wildman–Crippen MR) is 133 cm³/mol. The van der Waals surface area contributed by atoms with Gasteiger partial charge in [-0.15, -0.1) is 24.8 Å². The lowest BCUT2D eigenvalue weighted by atomic mass is 10.0. The first-order chi connectivity index (χ1) is 14.1. The summed E-state index contributed by atoms with van der Waals surface area (Å²) < 4.78 is 1.83. The highest BCUT2D eigenvalue weighted by Gasteiger charge is 2.19. The molecule has 1 aliphatic rings. The minimum Gasteiger partial charge on any atom is -0.310 e. The van der Waals surface area contributed by atoms with Crippen LogP contribution in [-0.4, -0.2) is 40.1 Å². The molecule has 0 aliphatic carbocycles. The fraction of sp³-hybridized carbons (Fsp3) is 0.364. The van der Waals surface area contributed by atoms with Crippen molar-refractivity contribution in [1.29, 1.82) is 0 Å². The van der Waals surface area contributed by atoms with Gasteiger partial charge in [-0.2, -0.15) is 0 Å². The van der Waals surface area contributed by atoms with E-state index in [2.05, 4.69) is 15.2 Å². The zero-order chi connectivity index (χ0) is 20.2. The summed E-state index contributed by atoms with van der Waals surface area (Å²) in [6.45, 7) is 4.39. The summed E-state index contributed by atoms with van der Waals surface area (Å²) in [7, 11) is 0. The molecule has 5 nitrogen and oxygen atoms in total. The van der Waals surface area contributed by atoms with Crippen LogP contribution in [0.3, 0.4) is 0 Å². The molecule has 0 bridgehead atoms. The van der Waals surface area contributed by atoms with E-state index >= 15 is 0 Å². The third-order valence-corrected chi connectivity index (χ3v) is 6.30. The first kappa shape index (κ1) is 25.9. The van der Waals surface area contributed by atoms with Gasteiger partial charge in [0.2, 0.25) is 0 Å². The molecule has 0 atom stereocenters. The van der Waals surface area contributed by atoms with Crippen molar-refractivity contribution in [2.75, 3.05) is 19.6 Å². The molecule has 0 unspecified atom stereocenters. The molecule has 1 aromatic carbocycles. The normalized spacial score (nSPS) is 14.8. The van der Waals surface area contributed by atoms with Crippen molar-refractivity contribution in [3.63, 3.8) is 0 Å². The summed E-state index contributed by atoms with van der Waals surface area (Å²) in [6, 6.07) is 13.5. The molecule has 0 amide bonds. The number of rotatable bonds is 6. The molecule has 31 heavy (non-hydrogen) atoms. The topological polar surface area (TPSA) is 50.2 Å². The number of likely N-dealkylation sites (tertiary alicyclic amines) is 1. The van der Waals surface area contributed by atoms with Gasteiger partial charge in [0.05, 0.1) is 21.1 Å². The minimum atomic E-state index is 0. The van der Waals surface area contributed by atoms with Crippen molar-refractivity contribution in [2.45, 2.75) is 32.0 Å². The Bertz CT molecular complexity index is 1050. The smallest absolute Gasteiger partial charge is 0.251 e. The van der Waals surface area contributed by atoms with E-state index in [-0.39, 0.29) is 30.4 Å². The van der Waals surface area contributed by atoms with Crippen LogP contribution in [0, 0.1) is 0 Å². The maximum absolute atomic E-state index is 12.3. The van der Waals surface area contributed by atoms with Gasteiger partial charge < -0.3 is 14.8 Å². The molecule has 0 saturated carbocycles. The summed E-state index contributed by atoms with van der Waals surface area (Å²) >= 11 is 12.1. The van der Waals surface area contributed by atoms with Crippen LogP contribution in [0.5, 0.6) is 0 Å². The van der Waals surface area contributed by atoms with Gasteiger partial charge in [0.15, 0.2) is 0 Å². The quantitative estimate of drug-likeness (QED) is 0.524. The van der Waals surface area contributed by atoms with Gasteiger partial charge in [0.1, 0.15) is 0 Å². The fourth-order valence-electron chi connectivity index (χ4n) is 3.87. The minimum absolute atomic E-state index is 0. The SMILES string of the molecule is Cl.Cl.O=c1ccc2ncccc2n1CCN1CCC(NCc2ccc(Cl)c(Cl)c2)CC1. The number of nitrogens with zero attached hydrogens (tertiary/aromatic N) is 3. The van der Waals surface area contributed by atoms with E-state index in [9.17, 15) is 4.79 Å². The monoisotopic (exact) mass is 502 g/mol. The van der Waals surface area contributed by atoms with Gasteiger partial charge in [-0.1, -0.05) is 29.3 Å². The molecule has 0 spiro atoms. The summed E-state index contributed by atoms with van der Waals surface area (Å²) in [5.41, 5.74) is 2.94. The molecule has 1 fully saturated rings. The fourth-order valence-corrected chi connectivity index (χ4v) is 4.19. The molecule has 1 N–H and O–H groups in total. The number of pyridine rings is 2. The molecule has 168 valence electrons. The number of hydrogen-bond donors (Lipinski definition) is 1. The lowest BCUT2D eigenvalue weighted by Crippen LogP contribution is -2.43. The van der Waals surface area contributed by atoms with E-state index in [4.69, 9.17) is 23.2 Å². The predicted octanol–water partition coefficient (Wildman–Crippen LogP) is 4.80. The molecular formula is C22H26Cl4N4O. The maximum Gasteiger partial charge on any atom is 0.251 e. The summed E-state index contributed by atoms with van der Waals surface area (Å²) in [5.74, 6) is 0. The molecule has 9 heteroatoms. The highest BCUT2D eigenvalue weighted by Crippen LogP contribution is 2.22. The third-order valence-electron chi connectivity index (χ3n) is 5.56. The molecule has 3 heterocycles. The van der Waals surface area contributed by atoms with E-state index in [1.54, 1.807) is 18.3 Å². The first-order valence-corrected chi connectivity index (χ1v) is 10.7. The molecule has 2 aromatic heterocycles. The van der Waals surface area contributed by atoms with Crippen LogP contribution in [0.2, 0.25) is 10.0 Å². The lowest BCUT2D eigenvalue weighted by molar-refractivity contribution is 0.191. The Hall–Kier alpha value is -1.34. The van der Waals surface area contributed by atoms with Crippen LogP contribution in [0.4, 0.5) is 0 Å². The Morgan fingerprint density at radius 1 is 1.00 bits per heavy atom. The standard InChI is InChI=1S/C22H24Cl2N4O.2ClH/c23-18-4-3-16(14-19(18)24)15-26-17-7-10-27(11-8-17)12-13-28-21-2-1-9-25-20(21)5-6-22(28)29;;/h1-6,9,14,17,26H,7-8,10-13,15H2;2*1H. The van der Waals surface area contributed by atoms with Crippen LogP contribution in [0.1, 0.15) is 18.4 Å². The molecule has 4 rings (SSSR count). The maximum atomic E-state index is 12.3. The second-order valence-corrected chi connectivity index (χ2v) is 8.29. The summed E-state index contributed by atoms with van der Waals surface area (Å²) in [5, 5.41) is 4.81. The average molecular weight is 504 g/mol. The second kappa shape index (κ2) is 12.0. The number of piperidine rings is 1. The number of aromatic nitrogens is 2. The highest BCUT2D eigenvalue weighted by atomic mass is 35.5. The van der Waals surface area contributed by atoms with Gasteiger partial charge in [-0.25, -0.2) is 0 Å². The van der Waals surface area contributed by atoms with E-state index < -0.39 is 0 Å². The first-order valence-electron chi connectivity index (χ1n) is 9.94. The van der Waals surface area contributed by atoms with Crippen LogP contribution in [0.15, 0.2) is 53.5 Å². The number of halogens is 4. The average Bonchev–Trinajstić information content (AvgIpc) is 2.75. The summed E-state index contributed by atoms with van der Waals surface area (Å²) in [4.78, 5) is 19.1. The Morgan fingerprint density at radius 3 is 2.52 bits per heavy atom. The van der Waals surface area contributed by atoms with Crippen molar-refractivity contribution < 1.29 is 0 Å². The van der Waals surface area contributed by atoms with Crippen molar-refractivity contribution in [3.05, 3.63) is 74.6 Å². The third kappa shape index (κ3) is 6.58. The number of nitrogens with one attached hydrogen (secondary N) is 1. The van der Waals surface area contributed by atoms with Crippen molar-refractivity contribution >= 4 is 59.0 Å². The molecule has 0 radical (unpaired) electrons. The molecule has 3 aromatic rings. The van der Waals surface area contributed by atoms with Gasteiger partial charge >= 0.3 is 0 Å². The Morgan fingerprint density at radius 2 is 1.77 bits per heavy atom. The summed E-state index contributed by atoms with van der Waals surface area (Å²) in [6.07, 6.45) is 3.94. The van der Waals surface area contributed by atoms with Crippen LogP contribution < -0.4 is 10.9 Å². The molecule has 1 aliphatic heterocycles. The van der Waals surface area contributed by atoms with Gasteiger partial charge in [-0.05, 0) is 61.8 Å². The van der Waals surface area contributed by atoms with E-state index in [1.165, 1.54) is 0 Å². The Labute approximate surface area is 204 Å². The van der Waals surface area contributed by atoms with E-state index in [0.29, 0.717) is 22.6 Å². The van der Waals surface area contributed by atoms with Gasteiger partial charge in [-0.3, -0.25) is 9.78 Å². The van der Waals surface area contributed by atoms with Crippen molar-refractivity contribution in [3.8, 4) is 0 Å². The molecular weight excluding hydrogens is 478 g/mol. The lowest BCUT2D eigenvalue weighted by Gasteiger charge is -2.32. The van der Waals surface area contributed by atoms with Gasteiger partial charge in [0, 0.05) is 37.9 Å².